The number of rotatable bonds is 32. The molecule has 0 bridgehead atoms. The fraction of sp³-hybridized carbons (Fsp3) is 0.978. The second-order valence-electron chi connectivity index (χ2n) is 20.3. The fourth-order valence-corrected chi connectivity index (χ4v) is 10.2. The van der Waals surface area contributed by atoms with Gasteiger partial charge < -0.3 is 19.3 Å². The molecule has 7 heteroatoms. The lowest BCUT2D eigenvalue weighted by atomic mass is 9.94. The van der Waals surface area contributed by atoms with Gasteiger partial charge in [-0.1, -0.05) is 203 Å². The molecular weight excluding hydrogens is 687 g/mol. The Bertz CT molecular complexity index is 906. The predicted octanol–water partition coefficient (Wildman–Crippen LogP) is 14.4. The molecule has 0 aromatic carbocycles. The summed E-state index contributed by atoms with van der Waals surface area (Å²) in [4.78, 5) is 13.4. The van der Waals surface area contributed by atoms with E-state index in [1.807, 2.05) is 0 Å². The normalized spacial score (nSPS) is 16.6. The third kappa shape index (κ3) is 22.3. The van der Waals surface area contributed by atoms with Crippen molar-refractivity contribution < 1.29 is 18.8 Å². The minimum atomic E-state index is -2.24. The van der Waals surface area contributed by atoms with E-state index in [4.69, 9.17) is 8.85 Å². The van der Waals surface area contributed by atoms with Crippen LogP contribution < -0.4 is 5.32 Å². The van der Waals surface area contributed by atoms with E-state index >= 15 is 0 Å². The summed E-state index contributed by atoms with van der Waals surface area (Å²) < 4.78 is 14.4. The molecule has 5 nitrogen and oxygen atoms in total. The maximum atomic E-state index is 13.4. The Morgan fingerprint density at radius 2 is 0.981 bits per heavy atom. The molecule has 1 aliphatic rings. The van der Waals surface area contributed by atoms with Gasteiger partial charge in [0, 0.05) is 6.42 Å². The van der Waals surface area contributed by atoms with Crippen molar-refractivity contribution in [2.45, 2.75) is 276 Å². The Labute approximate surface area is 334 Å². The molecule has 0 aromatic heterocycles. The summed E-state index contributed by atoms with van der Waals surface area (Å²) >= 11 is 0. The number of hydrogen-bond acceptors (Lipinski definition) is 4. The first-order valence-corrected chi connectivity index (χ1v) is 29.0. The van der Waals surface area contributed by atoms with Crippen molar-refractivity contribution in [3.63, 3.8) is 0 Å². The Morgan fingerprint density at radius 1 is 0.623 bits per heavy atom. The minimum Gasteiger partial charge on any atom is -0.411 e. The number of carbonyl (C=O) groups is 1. The first-order valence-electron chi connectivity index (χ1n) is 23.2. The number of unbranched alkanes of at least 4 members (excludes halogenated alkanes) is 20. The van der Waals surface area contributed by atoms with Gasteiger partial charge in [0.1, 0.15) is 0 Å². The number of aliphatic hydroxyl groups is 1. The van der Waals surface area contributed by atoms with E-state index < -0.39 is 22.7 Å². The predicted molar refractivity (Wildman–Crippen MR) is 237 cm³/mol. The second-order valence-corrected chi connectivity index (χ2v) is 29.8. The standard InChI is InChI=1S/C46H95NO4Si2/c1-12-13-14-15-16-17-18-19-20-21-22-23-24-25-26-27-28-29-30-31-32-37-43(49)47-41(39-48)44(51-53(10,11)46(5,6)7)42(38-40-35-33-34-36-40)50-52(8,9)45(2,3)4/h40-42,44,48H,12-39H2,1-11H3,(H,47,49)/t41-,42+,44?/m0/s1. The molecule has 1 rings (SSSR count). The highest BCUT2D eigenvalue weighted by Gasteiger charge is 2.47. The molecule has 1 amide bonds. The molecule has 53 heavy (non-hydrogen) atoms. The number of hydrogen-bond donors (Lipinski definition) is 2. The summed E-state index contributed by atoms with van der Waals surface area (Å²) in [5.41, 5.74) is 0. The van der Waals surface area contributed by atoms with Gasteiger partial charge in [-0.3, -0.25) is 4.79 Å². The van der Waals surface area contributed by atoms with Crippen LogP contribution in [-0.4, -0.2) is 52.5 Å². The van der Waals surface area contributed by atoms with Crippen molar-refractivity contribution in [2.24, 2.45) is 5.92 Å². The number of nitrogens with one attached hydrogen (secondary N) is 1. The van der Waals surface area contributed by atoms with Crippen molar-refractivity contribution in [3.8, 4) is 0 Å². The zero-order chi connectivity index (χ0) is 39.8. The number of carbonyl (C=O) groups excluding carboxylic acids is 1. The smallest absolute Gasteiger partial charge is 0.220 e. The summed E-state index contributed by atoms with van der Waals surface area (Å²) in [7, 11) is -4.38. The van der Waals surface area contributed by atoms with Crippen LogP contribution in [0, 0.1) is 5.92 Å². The van der Waals surface area contributed by atoms with Gasteiger partial charge in [-0.2, -0.15) is 0 Å². The first-order chi connectivity index (χ1) is 24.9. The monoisotopic (exact) mass is 782 g/mol. The van der Waals surface area contributed by atoms with E-state index in [1.54, 1.807) is 0 Å². The molecule has 2 N–H and O–H groups in total. The molecule has 1 fully saturated rings. The highest BCUT2D eigenvalue weighted by atomic mass is 28.4. The van der Waals surface area contributed by atoms with Gasteiger partial charge in [0.15, 0.2) is 16.6 Å². The van der Waals surface area contributed by atoms with Gasteiger partial charge in [-0.15, -0.1) is 0 Å². The highest BCUT2D eigenvalue weighted by molar-refractivity contribution is 6.74. The van der Waals surface area contributed by atoms with Crippen molar-refractivity contribution >= 4 is 22.5 Å². The first kappa shape index (κ1) is 50.8. The van der Waals surface area contributed by atoms with Crippen LogP contribution in [0.1, 0.15) is 222 Å². The van der Waals surface area contributed by atoms with Gasteiger partial charge in [-0.05, 0) is 55.0 Å². The zero-order valence-electron chi connectivity index (χ0n) is 37.8. The summed E-state index contributed by atoms with van der Waals surface area (Å²) in [6.07, 6.45) is 34.5. The van der Waals surface area contributed by atoms with E-state index in [-0.39, 0.29) is 34.8 Å². The lowest BCUT2D eigenvalue weighted by molar-refractivity contribution is -0.124. The number of amides is 1. The molecule has 0 spiro atoms. The van der Waals surface area contributed by atoms with Crippen LogP contribution in [0.25, 0.3) is 0 Å². The van der Waals surface area contributed by atoms with Crippen LogP contribution in [0.15, 0.2) is 0 Å². The molecule has 0 heterocycles. The largest absolute Gasteiger partial charge is 0.411 e. The molecule has 0 saturated heterocycles. The molecular formula is C46H95NO4Si2. The summed E-state index contributed by atoms with van der Waals surface area (Å²) in [5.74, 6) is 0.655. The average molecular weight is 782 g/mol. The molecule has 1 saturated carbocycles. The third-order valence-corrected chi connectivity index (χ3v) is 22.3. The highest BCUT2D eigenvalue weighted by Crippen LogP contribution is 2.43. The summed E-state index contributed by atoms with van der Waals surface area (Å²) in [6.45, 7) is 25.1. The Morgan fingerprint density at radius 3 is 1.34 bits per heavy atom. The SMILES string of the molecule is CCCCCCCCCCCCCCCCCCCCCCCC(=O)N[C@@H](CO)C(O[Si](C)(C)C(C)(C)C)[C@@H](CC1CCCC1)O[Si](C)(C)C(C)(C)C. The molecule has 0 aliphatic heterocycles. The van der Waals surface area contributed by atoms with E-state index in [1.165, 1.54) is 148 Å². The maximum Gasteiger partial charge on any atom is 0.220 e. The van der Waals surface area contributed by atoms with Crippen LogP contribution in [0.5, 0.6) is 0 Å². The lowest BCUT2D eigenvalue weighted by Crippen LogP contribution is -2.60. The van der Waals surface area contributed by atoms with E-state index in [0.29, 0.717) is 12.3 Å². The van der Waals surface area contributed by atoms with Gasteiger partial charge in [-0.25, -0.2) is 0 Å². The Kier molecular flexibility index (Phi) is 26.3. The molecule has 316 valence electrons. The topological polar surface area (TPSA) is 67.8 Å². The Hall–Kier alpha value is -0.216. The molecule has 0 aromatic rings. The molecule has 3 atom stereocenters. The van der Waals surface area contributed by atoms with Gasteiger partial charge in [0.25, 0.3) is 0 Å². The van der Waals surface area contributed by atoms with E-state index in [2.05, 4.69) is 80.0 Å². The van der Waals surface area contributed by atoms with Crippen molar-refractivity contribution in [3.05, 3.63) is 0 Å². The maximum absolute atomic E-state index is 13.4. The van der Waals surface area contributed by atoms with Gasteiger partial charge in [0.2, 0.25) is 5.91 Å². The van der Waals surface area contributed by atoms with Crippen molar-refractivity contribution in [2.75, 3.05) is 6.61 Å². The Balaban J connectivity index is 2.47. The van der Waals surface area contributed by atoms with Crippen molar-refractivity contribution in [1.82, 2.24) is 5.32 Å². The molecule has 1 aliphatic carbocycles. The minimum absolute atomic E-state index is 0.0102. The van der Waals surface area contributed by atoms with Crippen LogP contribution in [-0.2, 0) is 13.6 Å². The van der Waals surface area contributed by atoms with Crippen LogP contribution in [0.4, 0.5) is 0 Å². The third-order valence-electron chi connectivity index (χ3n) is 13.3. The lowest BCUT2D eigenvalue weighted by Gasteiger charge is -2.47. The van der Waals surface area contributed by atoms with Crippen LogP contribution >= 0.6 is 0 Å². The summed E-state index contributed by atoms with van der Waals surface area (Å²) in [5, 5.41) is 14.2. The van der Waals surface area contributed by atoms with Gasteiger partial charge in [0.05, 0.1) is 24.9 Å². The van der Waals surface area contributed by atoms with E-state index in [0.717, 1.165) is 19.3 Å². The molecule has 0 radical (unpaired) electrons. The second kappa shape index (κ2) is 27.4. The average Bonchev–Trinajstić information content (AvgIpc) is 3.58. The number of aliphatic hydroxyl groups excluding tert-OH is 1. The zero-order valence-corrected chi connectivity index (χ0v) is 39.8. The van der Waals surface area contributed by atoms with Crippen LogP contribution in [0.2, 0.25) is 36.3 Å². The summed E-state index contributed by atoms with van der Waals surface area (Å²) in [6, 6.07) is -0.470. The quantitative estimate of drug-likeness (QED) is 0.0527. The van der Waals surface area contributed by atoms with Crippen molar-refractivity contribution in [1.29, 1.82) is 0 Å². The van der Waals surface area contributed by atoms with Gasteiger partial charge >= 0.3 is 0 Å². The fourth-order valence-electron chi connectivity index (χ4n) is 7.54. The molecule has 1 unspecified atom stereocenters. The van der Waals surface area contributed by atoms with E-state index in [9.17, 15) is 9.90 Å². The van der Waals surface area contributed by atoms with Crippen LogP contribution in [0.3, 0.4) is 0 Å².